The fourth-order valence-corrected chi connectivity index (χ4v) is 3.78. The fourth-order valence-electron chi connectivity index (χ4n) is 2.88. The van der Waals surface area contributed by atoms with Gasteiger partial charge in [0.15, 0.2) is 0 Å². The van der Waals surface area contributed by atoms with E-state index in [1.165, 1.54) is 0 Å². The highest BCUT2D eigenvalue weighted by atomic mass is 32.2. The van der Waals surface area contributed by atoms with Gasteiger partial charge in [-0.25, -0.2) is 4.98 Å². The maximum Gasteiger partial charge on any atom is 0.245 e. The number of nitrogens with zero attached hydrogens (tertiary/aromatic N) is 4. The van der Waals surface area contributed by atoms with Gasteiger partial charge in [0.05, 0.1) is 11.9 Å². The molecule has 108 valence electrons. The molecule has 2 saturated heterocycles. The van der Waals surface area contributed by atoms with Gasteiger partial charge in [-0.1, -0.05) is 0 Å². The Balaban J connectivity index is 1.76. The third kappa shape index (κ3) is 2.75. The van der Waals surface area contributed by atoms with Crippen molar-refractivity contribution in [1.82, 2.24) is 14.9 Å². The third-order valence-electron chi connectivity index (χ3n) is 3.90. The van der Waals surface area contributed by atoms with E-state index in [0.29, 0.717) is 0 Å². The van der Waals surface area contributed by atoms with E-state index in [4.69, 9.17) is 0 Å². The van der Waals surface area contributed by atoms with Crippen LogP contribution in [0.2, 0.25) is 0 Å². The molecule has 0 saturated carbocycles. The van der Waals surface area contributed by atoms with Gasteiger partial charge in [0, 0.05) is 37.3 Å². The summed E-state index contributed by atoms with van der Waals surface area (Å²) in [6, 6.07) is -0.0470. The van der Waals surface area contributed by atoms with E-state index in [-0.39, 0.29) is 11.9 Å². The van der Waals surface area contributed by atoms with Crippen LogP contribution in [0.25, 0.3) is 0 Å². The lowest BCUT2D eigenvalue weighted by molar-refractivity contribution is -0.132. The van der Waals surface area contributed by atoms with E-state index in [1.54, 1.807) is 12.4 Å². The summed E-state index contributed by atoms with van der Waals surface area (Å²) in [6.45, 7) is 4.60. The molecule has 0 N–H and O–H groups in total. The first-order valence-corrected chi connectivity index (χ1v) is 8.33. The number of amides is 1. The SMILES string of the molecule is Cc1cncc(N2CCCC2C(=O)N2CCSCC2)n1. The molecule has 0 spiro atoms. The van der Waals surface area contributed by atoms with Gasteiger partial charge in [0.25, 0.3) is 0 Å². The number of carbonyl (C=O) groups excluding carboxylic acids is 1. The zero-order chi connectivity index (χ0) is 13.9. The van der Waals surface area contributed by atoms with E-state index in [9.17, 15) is 4.79 Å². The van der Waals surface area contributed by atoms with Crippen LogP contribution in [0.15, 0.2) is 12.4 Å². The molecular weight excluding hydrogens is 272 g/mol. The van der Waals surface area contributed by atoms with Crippen LogP contribution in [0.1, 0.15) is 18.5 Å². The van der Waals surface area contributed by atoms with E-state index in [1.807, 2.05) is 23.6 Å². The first kappa shape index (κ1) is 13.7. The van der Waals surface area contributed by atoms with Crippen molar-refractivity contribution < 1.29 is 4.79 Å². The Kier molecular flexibility index (Phi) is 4.10. The molecule has 0 aliphatic carbocycles. The van der Waals surface area contributed by atoms with Crippen LogP contribution in [0.4, 0.5) is 5.82 Å². The smallest absolute Gasteiger partial charge is 0.245 e. The second-order valence-corrected chi connectivity index (χ2v) is 6.53. The molecule has 1 aromatic rings. The Hall–Kier alpha value is -1.30. The monoisotopic (exact) mass is 292 g/mol. The van der Waals surface area contributed by atoms with Crippen molar-refractivity contribution in [3.63, 3.8) is 0 Å². The molecule has 3 rings (SSSR count). The third-order valence-corrected chi connectivity index (χ3v) is 4.84. The standard InChI is InChI=1S/C14H20N4OS/c1-11-9-15-10-13(16-11)18-4-2-3-12(18)14(19)17-5-7-20-8-6-17/h9-10,12H,2-8H2,1H3. The maximum absolute atomic E-state index is 12.7. The van der Waals surface area contributed by atoms with E-state index in [2.05, 4.69) is 14.9 Å². The Labute approximate surface area is 123 Å². The average molecular weight is 292 g/mol. The number of thioether (sulfide) groups is 1. The van der Waals surface area contributed by atoms with Gasteiger partial charge >= 0.3 is 0 Å². The van der Waals surface area contributed by atoms with Crippen LogP contribution in [0, 0.1) is 6.92 Å². The van der Waals surface area contributed by atoms with Gasteiger partial charge in [0.2, 0.25) is 5.91 Å². The first-order valence-electron chi connectivity index (χ1n) is 7.17. The van der Waals surface area contributed by atoms with Crippen LogP contribution >= 0.6 is 11.8 Å². The van der Waals surface area contributed by atoms with E-state index in [0.717, 1.165) is 55.5 Å². The highest BCUT2D eigenvalue weighted by Gasteiger charge is 2.35. The summed E-state index contributed by atoms with van der Waals surface area (Å²) in [7, 11) is 0. The lowest BCUT2D eigenvalue weighted by Crippen LogP contribution is -2.48. The summed E-state index contributed by atoms with van der Waals surface area (Å²) >= 11 is 1.93. The molecule has 2 aliphatic rings. The molecular formula is C14H20N4OS. The number of anilines is 1. The Morgan fingerprint density at radius 1 is 1.30 bits per heavy atom. The molecule has 2 aliphatic heterocycles. The fraction of sp³-hybridized carbons (Fsp3) is 0.643. The van der Waals surface area contributed by atoms with E-state index < -0.39 is 0 Å². The molecule has 1 amide bonds. The van der Waals surface area contributed by atoms with Crippen molar-refractivity contribution in [3.05, 3.63) is 18.1 Å². The van der Waals surface area contributed by atoms with Crippen LogP contribution in [-0.4, -0.2) is 58.0 Å². The topological polar surface area (TPSA) is 49.3 Å². The predicted octanol–water partition coefficient (Wildman–Crippen LogP) is 1.33. The lowest BCUT2D eigenvalue weighted by atomic mass is 10.2. The van der Waals surface area contributed by atoms with Crippen LogP contribution < -0.4 is 4.90 Å². The number of hydrogen-bond acceptors (Lipinski definition) is 5. The van der Waals surface area contributed by atoms with Crippen molar-refractivity contribution in [1.29, 1.82) is 0 Å². The zero-order valence-electron chi connectivity index (χ0n) is 11.8. The Morgan fingerprint density at radius 2 is 2.10 bits per heavy atom. The largest absolute Gasteiger partial charge is 0.343 e. The molecule has 20 heavy (non-hydrogen) atoms. The lowest BCUT2D eigenvalue weighted by Gasteiger charge is -2.32. The highest BCUT2D eigenvalue weighted by Crippen LogP contribution is 2.25. The minimum absolute atomic E-state index is 0.0470. The van der Waals surface area contributed by atoms with Crippen molar-refractivity contribution >= 4 is 23.5 Å². The molecule has 0 aromatic carbocycles. The molecule has 1 aromatic heterocycles. The van der Waals surface area contributed by atoms with Crippen LogP contribution in [0.3, 0.4) is 0 Å². The van der Waals surface area contributed by atoms with Crippen molar-refractivity contribution in [2.45, 2.75) is 25.8 Å². The van der Waals surface area contributed by atoms with Crippen LogP contribution in [-0.2, 0) is 4.79 Å². The van der Waals surface area contributed by atoms with Gasteiger partial charge in [-0.2, -0.15) is 11.8 Å². The zero-order valence-corrected chi connectivity index (χ0v) is 12.6. The van der Waals surface area contributed by atoms with Crippen molar-refractivity contribution in [2.75, 3.05) is 36.0 Å². The van der Waals surface area contributed by atoms with Gasteiger partial charge in [-0.3, -0.25) is 9.78 Å². The molecule has 2 fully saturated rings. The average Bonchev–Trinajstić information content (AvgIpc) is 2.97. The predicted molar refractivity (Wildman–Crippen MR) is 81.0 cm³/mol. The summed E-state index contributed by atoms with van der Waals surface area (Å²) in [6.07, 6.45) is 5.50. The quantitative estimate of drug-likeness (QED) is 0.823. The molecule has 0 bridgehead atoms. The van der Waals surface area contributed by atoms with E-state index >= 15 is 0 Å². The highest BCUT2D eigenvalue weighted by molar-refractivity contribution is 7.99. The summed E-state index contributed by atoms with van der Waals surface area (Å²) in [5.41, 5.74) is 0.898. The number of aromatic nitrogens is 2. The summed E-state index contributed by atoms with van der Waals surface area (Å²) in [4.78, 5) is 25.6. The summed E-state index contributed by atoms with van der Waals surface area (Å²) < 4.78 is 0. The maximum atomic E-state index is 12.7. The Bertz CT molecular complexity index is 490. The van der Waals surface area contributed by atoms with Crippen LogP contribution in [0.5, 0.6) is 0 Å². The van der Waals surface area contributed by atoms with Gasteiger partial charge in [-0.15, -0.1) is 0 Å². The second kappa shape index (κ2) is 5.99. The molecule has 3 heterocycles. The molecule has 1 unspecified atom stereocenters. The van der Waals surface area contributed by atoms with Crippen molar-refractivity contribution in [2.24, 2.45) is 0 Å². The molecule has 0 radical (unpaired) electrons. The Morgan fingerprint density at radius 3 is 2.85 bits per heavy atom. The number of carbonyl (C=O) groups is 1. The minimum Gasteiger partial charge on any atom is -0.343 e. The normalized spacial score (nSPS) is 23.1. The molecule has 5 nitrogen and oxygen atoms in total. The summed E-state index contributed by atoms with van der Waals surface area (Å²) in [5.74, 6) is 3.23. The molecule has 6 heteroatoms. The van der Waals surface area contributed by atoms with Crippen molar-refractivity contribution in [3.8, 4) is 0 Å². The number of aryl methyl sites for hydroxylation is 1. The second-order valence-electron chi connectivity index (χ2n) is 5.31. The number of rotatable bonds is 2. The summed E-state index contributed by atoms with van der Waals surface area (Å²) in [5, 5.41) is 0. The first-order chi connectivity index (χ1) is 9.75. The number of hydrogen-bond donors (Lipinski definition) is 0. The minimum atomic E-state index is -0.0470. The van der Waals surface area contributed by atoms with Gasteiger partial charge in [-0.05, 0) is 19.8 Å². The van der Waals surface area contributed by atoms with Gasteiger partial charge in [0.1, 0.15) is 11.9 Å². The van der Waals surface area contributed by atoms with Gasteiger partial charge < -0.3 is 9.80 Å². The molecule has 1 atom stereocenters.